The number of aromatic nitrogens is 1. The molecule has 2 heterocycles. The lowest BCUT2D eigenvalue weighted by Crippen LogP contribution is -2.45. The van der Waals surface area contributed by atoms with Crippen molar-refractivity contribution in [3.63, 3.8) is 0 Å². The third kappa shape index (κ3) is 5.32. The zero-order valence-corrected chi connectivity index (χ0v) is 18.0. The lowest BCUT2D eigenvalue weighted by atomic mass is 10.1. The first-order chi connectivity index (χ1) is 11.7. The molecule has 1 aliphatic carbocycles. The van der Waals surface area contributed by atoms with Crippen LogP contribution in [0.1, 0.15) is 49.1 Å². The second kappa shape index (κ2) is 9.75. The second-order valence-corrected chi connectivity index (χ2v) is 7.11. The first-order valence-electron chi connectivity index (χ1n) is 9.30. The lowest BCUT2D eigenvalue weighted by Gasteiger charge is -2.24. The highest BCUT2D eigenvalue weighted by Gasteiger charge is 2.30. The average Bonchev–Trinajstić information content (AvgIpc) is 3.30. The van der Waals surface area contributed by atoms with Crippen molar-refractivity contribution in [2.45, 2.75) is 64.5 Å². The largest absolute Gasteiger partial charge is 0.361 e. The van der Waals surface area contributed by atoms with Crippen LogP contribution < -0.4 is 10.6 Å². The van der Waals surface area contributed by atoms with Crippen LogP contribution in [0.4, 0.5) is 0 Å². The van der Waals surface area contributed by atoms with E-state index in [0.717, 1.165) is 43.0 Å². The van der Waals surface area contributed by atoms with Gasteiger partial charge in [-0.1, -0.05) is 18.0 Å². The number of hydrogen-bond donors (Lipinski definition) is 2. The third-order valence-electron chi connectivity index (χ3n) is 5.47. The van der Waals surface area contributed by atoms with Crippen LogP contribution in [-0.2, 0) is 6.42 Å². The van der Waals surface area contributed by atoms with E-state index in [9.17, 15) is 0 Å². The summed E-state index contributed by atoms with van der Waals surface area (Å²) in [5, 5.41) is 11.0. The highest BCUT2D eigenvalue weighted by atomic mass is 127. The monoisotopic (exact) mass is 461 g/mol. The lowest BCUT2D eigenvalue weighted by molar-refractivity contribution is 0.242. The van der Waals surface area contributed by atoms with Crippen molar-refractivity contribution in [2.75, 3.05) is 26.7 Å². The minimum absolute atomic E-state index is 0. The molecular weight excluding hydrogens is 429 g/mol. The van der Waals surface area contributed by atoms with E-state index >= 15 is 0 Å². The molecule has 1 atom stereocenters. The van der Waals surface area contributed by atoms with Crippen LogP contribution >= 0.6 is 24.0 Å². The van der Waals surface area contributed by atoms with Crippen molar-refractivity contribution in [1.29, 1.82) is 0 Å². The molecule has 142 valence electrons. The van der Waals surface area contributed by atoms with Crippen molar-refractivity contribution < 1.29 is 4.52 Å². The molecule has 1 aromatic rings. The standard InChI is InChI=1S/C18H31N5O.HI/c1-13-17(14(2)24-22-13)8-10-20-18(19-3)21-15-9-11-23(12-15)16-6-4-5-7-16;/h15-16H,4-12H2,1-3H3,(H2,19,20,21);1H. The van der Waals surface area contributed by atoms with E-state index < -0.39 is 0 Å². The van der Waals surface area contributed by atoms with Crippen LogP contribution in [0.2, 0.25) is 0 Å². The normalized spacial score (nSPS) is 22.2. The number of halogens is 1. The molecule has 7 heteroatoms. The maximum absolute atomic E-state index is 5.22. The van der Waals surface area contributed by atoms with Crippen molar-refractivity contribution in [1.82, 2.24) is 20.7 Å². The predicted octanol–water partition coefficient (Wildman–Crippen LogP) is 2.63. The topological polar surface area (TPSA) is 65.7 Å². The Labute approximate surface area is 168 Å². The van der Waals surface area contributed by atoms with Crippen LogP contribution in [0.15, 0.2) is 9.52 Å². The molecule has 2 fully saturated rings. The van der Waals surface area contributed by atoms with E-state index in [4.69, 9.17) is 4.52 Å². The molecule has 1 saturated carbocycles. The van der Waals surface area contributed by atoms with Crippen molar-refractivity contribution in [3.8, 4) is 0 Å². The number of aliphatic imine (C=N–C) groups is 1. The summed E-state index contributed by atoms with van der Waals surface area (Å²) in [6.07, 6.45) is 7.70. The van der Waals surface area contributed by atoms with Gasteiger partial charge < -0.3 is 15.2 Å². The molecule has 0 bridgehead atoms. The van der Waals surface area contributed by atoms with Gasteiger partial charge in [0.05, 0.1) is 5.69 Å². The van der Waals surface area contributed by atoms with Crippen molar-refractivity contribution in [3.05, 3.63) is 17.0 Å². The summed E-state index contributed by atoms with van der Waals surface area (Å²) < 4.78 is 5.22. The Morgan fingerprint density at radius 2 is 2.04 bits per heavy atom. The van der Waals surface area contributed by atoms with Crippen LogP contribution in [0, 0.1) is 13.8 Å². The van der Waals surface area contributed by atoms with Crippen LogP contribution in [0.5, 0.6) is 0 Å². The van der Waals surface area contributed by atoms with Gasteiger partial charge in [-0.25, -0.2) is 0 Å². The third-order valence-corrected chi connectivity index (χ3v) is 5.47. The minimum atomic E-state index is 0. The Kier molecular flexibility index (Phi) is 7.99. The summed E-state index contributed by atoms with van der Waals surface area (Å²) in [7, 11) is 1.84. The van der Waals surface area contributed by atoms with E-state index in [0.29, 0.717) is 6.04 Å². The summed E-state index contributed by atoms with van der Waals surface area (Å²) in [4.78, 5) is 7.04. The number of guanidine groups is 1. The van der Waals surface area contributed by atoms with Crippen molar-refractivity contribution in [2.24, 2.45) is 4.99 Å². The maximum Gasteiger partial charge on any atom is 0.191 e. The maximum atomic E-state index is 5.22. The Morgan fingerprint density at radius 3 is 2.68 bits per heavy atom. The Morgan fingerprint density at radius 1 is 1.28 bits per heavy atom. The van der Waals surface area contributed by atoms with E-state index in [1.165, 1.54) is 44.2 Å². The quantitative estimate of drug-likeness (QED) is 0.401. The van der Waals surface area contributed by atoms with Gasteiger partial charge >= 0.3 is 0 Å². The Hall–Kier alpha value is -0.830. The molecule has 0 radical (unpaired) electrons. The molecule has 6 nitrogen and oxygen atoms in total. The smallest absolute Gasteiger partial charge is 0.191 e. The van der Waals surface area contributed by atoms with Gasteiger partial charge in [-0.2, -0.15) is 0 Å². The van der Waals surface area contributed by atoms with Crippen LogP contribution in [0.25, 0.3) is 0 Å². The molecule has 0 aromatic carbocycles. The van der Waals surface area contributed by atoms with E-state index in [1.54, 1.807) is 0 Å². The Bertz CT molecular complexity index is 548. The zero-order valence-electron chi connectivity index (χ0n) is 15.7. The van der Waals surface area contributed by atoms with Gasteiger partial charge in [-0.15, -0.1) is 24.0 Å². The number of aryl methyl sites for hydroxylation is 2. The summed E-state index contributed by atoms with van der Waals surface area (Å²) in [5.41, 5.74) is 2.19. The van der Waals surface area contributed by atoms with Gasteiger partial charge in [0, 0.05) is 44.3 Å². The Balaban J connectivity index is 0.00000225. The molecule has 0 spiro atoms. The summed E-state index contributed by atoms with van der Waals surface area (Å²) >= 11 is 0. The van der Waals surface area contributed by atoms with Gasteiger partial charge in [-0.3, -0.25) is 9.89 Å². The number of nitrogens with one attached hydrogen (secondary N) is 2. The van der Waals surface area contributed by atoms with Gasteiger partial charge in [0.15, 0.2) is 5.96 Å². The van der Waals surface area contributed by atoms with Gasteiger partial charge in [0.2, 0.25) is 0 Å². The fourth-order valence-corrected chi connectivity index (χ4v) is 4.06. The van der Waals surface area contributed by atoms with Gasteiger partial charge in [0.25, 0.3) is 0 Å². The molecule has 0 amide bonds. The zero-order chi connectivity index (χ0) is 16.9. The molecule has 25 heavy (non-hydrogen) atoms. The van der Waals surface area contributed by atoms with E-state index in [-0.39, 0.29) is 24.0 Å². The van der Waals surface area contributed by atoms with E-state index in [1.807, 2.05) is 20.9 Å². The molecular formula is C18H32IN5O. The number of likely N-dealkylation sites (tertiary alicyclic amines) is 1. The first kappa shape index (κ1) is 20.5. The highest BCUT2D eigenvalue weighted by molar-refractivity contribution is 14.0. The number of hydrogen-bond acceptors (Lipinski definition) is 4. The predicted molar refractivity (Wildman–Crippen MR) is 112 cm³/mol. The van der Waals surface area contributed by atoms with Gasteiger partial charge in [-0.05, 0) is 39.5 Å². The second-order valence-electron chi connectivity index (χ2n) is 7.11. The van der Waals surface area contributed by atoms with E-state index in [2.05, 4.69) is 25.7 Å². The molecule has 1 saturated heterocycles. The molecule has 3 rings (SSSR count). The van der Waals surface area contributed by atoms with Crippen LogP contribution in [0.3, 0.4) is 0 Å². The highest BCUT2D eigenvalue weighted by Crippen LogP contribution is 2.26. The summed E-state index contributed by atoms with van der Waals surface area (Å²) in [6, 6.07) is 1.34. The molecule has 2 aliphatic rings. The molecule has 1 unspecified atom stereocenters. The minimum Gasteiger partial charge on any atom is -0.361 e. The van der Waals surface area contributed by atoms with Crippen LogP contribution in [-0.4, -0.2) is 54.8 Å². The first-order valence-corrected chi connectivity index (χ1v) is 9.30. The molecule has 1 aliphatic heterocycles. The van der Waals surface area contributed by atoms with Gasteiger partial charge in [0.1, 0.15) is 5.76 Å². The van der Waals surface area contributed by atoms with Crippen molar-refractivity contribution >= 4 is 29.9 Å². The average molecular weight is 461 g/mol. The number of nitrogens with zero attached hydrogens (tertiary/aromatic N) is 3. The summed E-state index contributed by atoms with van der Waals surface area (Å²) in [6.45, 7) is 7.17. The molecule has 2 N–H and O–H groups in total. The number of rotatable bonds is 5. The fraction of sp³-hybridized carbons (Fsp3) is 0.778. The molecule has 1 aromatic heterocycles. The fourth-order valence-electron chi connectivity index (χ4n) is 4.06. The summed E-state index contributed by atoms with van der Waals surface area (Å²) in [5.74, 6) is 1.82. The SMILES string of the molecule is CN=C(NCCc1c(C)noc1C)NC1CCN(C2CCCC2)C1.I.